The SMILES string of the molecule is Cc1ccc(NC(=O)C(C(C)C)N2C(=O)C3C4CC(C(Br)C4Br)C3C2=O)cc1. The van der Waals surface area contributed by atoms with Crippen LogP contribution in [0.1, 0.15) is 25.8 Å². The molecule has 0 spiro atoms. The maximum absolute atomic E-state index is 13.3. The summed E-state index contributed by atoms with van der Waals surface area (Å²) in [4.78, 5) is 41.3. The number of alkyl halides is 2. The second kappa shape index (κ2) is 7.24. The molecule has 3 aliphatic rings. The summed E-state index contributed by atoms with van der Waals surface area (Å²) in [6.07, 6.45) is 0.883. The molecule has 1 N–H and O–H groups in total. The number of carbonyl (C=O) groups excluding carboxylic acids is 3. The molecule has 3 fully saturated rings. The summed E-state index contributed by atoms with van der Waals surface area (Å²) in [5.41, 5.74) is 1.77. The maximum atomic E-state index is 13.3. The van der Waals surface area contributed by atoms with Crippen molar-refractivity contribution in [2.75, 3.05) is 5.32 Å². The highest BCUT2D eigenvalue weighted by molar-refractivity contribution is 9.12. The summed E-state index contributed by atoms with van der Waals surface area (Å²) in [5, 5.41) is 2.89. The zero-order valence-corrected chi connectivity index (χ0v) is 19.2. The van der Waals surface area contributed by atoms with Crippen LogP contribution in [0.3, 0.4) is 0 Å². The van der Waals surface area contributed by atoms with Gasteiger partial charge in [-0.1, -0.05) is 63.4 Å². The molecule has 2 bridgehead atoms. The number of aryl methyl sites for hydroxylation is 1. The molecule has 1 aliphatic heterocycles. The average Bonchev–Trinajstić information content (AvgIpc) is 3.24. The van der Waals surface area contributed by atoms with Gasteiger partial charge >= 0.3 is 0 Å². The van der Waals surface area contributed by atoms with Crippen LogP contribution < -0.4 is 5.32 Å². The molecule has 7 heteroatoms. The van der Waals surface area contributed by atoms with E-state index >= 15 is 0 Å². The van der Waals surface area contributed by atoms with Crippen LogP contribution in [0, 0.1) is 36.5 Å². The molecule has 1 aromatic carbocycles. The van der Waals surface area contributed by atoms with Gasteiger partial charge in [0.05, 0.1) is 11.8 Å². The van der Waals surface area contributed by atoms with Crippen LogP contribution in [0.5, 0.6) is 0 Å². The minimum absolute atomic E-state index is 0.147. The molecule has 7 atom stereocenters. The van der Waals surface area contributed by atoms with Gasteiger partial charge in [0.25, 0.3) is 0 Å². The maximum Gasteiger partial charge on any atom is 0.247 e. The average molecular weight is 512 g/mol. The van der Waals surface area contributed by atoms with E-state index in [1.54, 1.807) is 0 Å². The van der Waals surface area contributed by atoms with Crippen molar-refractivity contribution in [3.8, 4) is 0 Å². The normalized spacial score (nSPS) is 34.9. The van der Waals surface area contributed by atoms with E-state index in [-0.39, 0.29) is 57.0 Å². The fourth-order valence-corrected chi connectivity index (χ4v) is 7.09. The van der Waals surface area contributed by atoms with Crippen molar-refractivity contribution in [2.45, 2.75) is 42.9 Å². The van der Waals surface area contributed by atoms with Gasteiger partial charge in [0, 0.05) is 15.3 Å². The van der Waals surface area contributed by atoms with Crippen molar-refractivity contribution in [1.82, 2.24) is 4.90 Å². The zero-order chi connectivity index (χ0) is 20.3. The van der Waals surface area contributed by atoms with E-state index in [1.807, 2.05) is 45.0 Å². The van der Waals surface area contributed by atoms with Crippen LogP contribution in [0.15, 0.2) is 24.3 Å². The number of nitrogens with zero attached hydrogens (tertiary/aromatic N) is 1. The molecule has 4 rings (SSSR count). The first-order valence-corrected chi connectivity index (χ1v) is 11.6. The van der Waals surface area contributed by atoms with Gasteiger partial charge in [-0.15, -0.1) is 0 Å². The van der Waals surface area contributed by atoms with Crippen molar-refractivity contribution < 1.29 is 14.4 Å². The smallest absolute Gasteiger partial charge is 0.247 e. The Morgan fingerprint density at radius 2 is 1.54 bits per heavy atom. The van der Waals surface area contributed by atoms with Gasteiger partial charge in [0.1, 0.15) is 6.04 Å². The van der Waals surface area contributed by atoms with E-state index in [2.05, 4.69) is 37.2 Å². The number of benzene rings is 1. The largest absolute Gasteiger partial charge is 0.324 e. The number of imide groups is 1. The van der Waals surface area contributed by atoms with Crippen LogP contribution in [-0.4, -0.2) is 38.3 Å². The molecule has 7 unspecified atom stereocenters. The lowest BCUT2D eigenvalue weighted by atomic mass is 9.81. The molecular formula is C21H24Br2N2O3. The van der Waals surface area contributed by atoms with Crippen LogP contribution >= 0.6 is 31.9 Å². The highest BCUT2D eigenvalue weighted by atomic mass is 79.9. The third-order valence-electron chi connectivity index (χ3n) is 6.52. The molecule has 5 nitrogen and oxygen atoms in total. The van der Waals surface area contributed by atoms with Gasteiger partial charge in [-0.3, -0.25) is 19.3 Å². The summed E-state index contributed by atoms with van der Waals surface area (Å²) < 4.78 is 0. The van der Waals surface area contributed by atoms with Crippen molar-refractivity contribution in [3.05, 3.63) is 29.8 Å². The lowest BCUT2D eigenvalue weighted by molar-refractivity contribution is -0.148. The van der Waals surface area contributed by atoms with Crippen LogP contribution in [0.4, 0.5) is 5.69 Å². The molecule has 2 aliphatic carbocycles. The molecule has 28 heavy (non-hydrogen) atoms. The number of fused-ring (bicyclic) bond motifs is 5. The van der Waals surface area contributed by atoms with E-state index < -0.39 is 6.04 Å². The molecule has 1 saturated heterocycles. The topological polar surface area (TPSA) is 66.5 Å². The number of anilines is 1. The number of hydrogen-bond donors (Lipinski definition) is 1. The summed E-state index contributed by atoms with van der Waals surface area (Å²) in [5.74, 6) is -1.14. The zero-order valence-electron chi connectivity index (χ0n) is 16.1. The number of hydrogen-bond acceptors (Lipinski definition) is 3. The lowest BCUT2D eigenvalue weighted by Crippen LogP contribution is -2.51. The summed E-state index contributed by atoms with van der Waals surface area (Å²) >= 11 is 7.40. The number of carbonyl (C=O) groups is 3. The third-order valence-corrected chi connectivity index (χ3v) is 9.73. The highest BCUT2D eigenvalue weighted by Crippen LogP contribution is 2.60. The molecule has 2 saturated carbocycles. The molecule has 1 aromatic rings. The van der Waals surface area contributed by atoms with Crippen LogP contribution in [-0.2, 0) is 14.4 Å². The third kappa shape index (κ3) is 2.96. The standard InChI is InChI=1S/C21H24Br2N2O3/c1-9(2)18(19(26)24-11-6-4-10(3)5-7-11)25-20(27)14-12-8-13(15(14)21(25)28)17(23)16(12)22/h4-7,9,12-18H,8H2,1-3H3,(H,24,26). The van der Waals surface area contributed by atoms with E-state index in [0.29, 0.717) is 5.69 Å². The van der Waals surface area contributed by atoms with Gasteiger partial charge in [-0.25, -0.2) is 0 Å². The quantitative estimate of drug-likeness (QED) is 0.494. The highest BCUT2D eigenvalue weighted by Gasteiger charge is 2.67. The number of nitrogens with one attached hydrogen (secondary N) is 1. The van der Waals surface area contributed by atoms with Gasteiger partial charge in [0.2, 0.25) is 17.7 Å². The van der Waals surface area contributed by atoms with E-state index in [1.165, 1.54) is 4.90 Å². The number of amides is 3. The molecule has 1 heterocycles. The Morgan fingerprint density at radius 3 is 2.00 bits per heavy atom. The number of likely N-dealkylation sites (tertiary alicyclic amines) is 1. The van der Waals surface area contributed by atoms with E-state index in [4.69, 9.17) is 0 Å². The molecule has 150 valence electrons. The van der Waals surface area contributed by atoms with Crippen molar-refractivity contribution in [3.63, 3.8) is 0 Å². The molecule has 0 radical (unpaired) electrons. The van der Waals surface area contributed by atoms with Crippen LogP contribution in [0.2, 0.25) is 0 Å². The second-order valence-electron chi connectivity index (χ2n) is 8.59. The summed E-state index contributed by atoms with van der Waals surface area (Å²) in [6, 6.07) is 6.70. The van der Waals surface area contributed by atoms with Gasteiger partial charge in [-0.05, 0) is 43.2 Å². The Morgan fingerprint density at radius 1 is 1.04 bits per heavy atom. The van der Waals surface area contributed by atoms with Gasteiger partial charge < -0.3 is 5.32 Å². The van der Waals surface area contributed by atoms with E-state index in [0.717, 1.165) is 12.0 Å². The molecule has 3 amide bonds. The monoisotopic (exact) mass is 510 g/mol. The van der Waals surface area contributed by atoms with Crippen molar-refractivity contribution in [1.29, 1.82) is 0 Å². The predicted molar refractivity (Wildman–Crippen MR) is 114 cm³/mol. The Hall–Kier alpha value is -1.21. The van der Waals surface area contributed by atoms with Gasteiger partial charge in [-0.2, -0.15) is 0 Å². The van der Waals surface area contributed by atoms with Crippen molar-refractivity contribution >= 4 is 55.3 Å². The molecule has 0 aromatic heterocycles. The minimum Gasteiger partial charge on any atom is -0.324 e. The fraction of sp³-hybridized carbons (Fsp3) is 0.571. The summed E-state index contributed by atoms with van der Waals surface area (Å²) in [7, 11) is 0. The second-order valence-corrected chi connectivity index (χ2v) is 10.7. The lowest BCUT2D eigenvalue weighted by Gasteiger charge is -2.29. The predicted octanol–water partition coefficient (Wildman–Crippen LogP) is 3.74. The fourth-order valence-electron chi connectivity index (χ4n) is 5.22. The Bertz CT molecular complexity index is 793. The Balaban J connectivity index is 1.60. The minimum atomic E-state index is -0.797. The Kier molecular flexibility index (Phi) is 5.19. The first kappa shape index (κ1) is 20.1. The molecular weight excluding hydrogens is 488 g/mol. The van der Waals surface area contributed by atoms with Crippen molar-refractivity contribution in [2.24, 2.45) is 29.6 Å². The summed E-state index contributed by atoms with van der Waals surface area (Å²) in [6.45, 7) is 5.73. The first-order valence-electron chi connectivity index (χ1n) is 9.75. The number of rotatable bonds is 4. The van der Waals surface area contributed by atoms with Crippen LogP contribution in [0.25, 0.3) is 0 Å². The first-order chi connectivity index (χ1) is 13.2. The van der Waals surface area contributed by atoms with E-state index in [9.17, 15) is 14.4 Å². The Labute approximate surface area is 181 Å². The van der Waals surface area contributed by atoms with Gasteiger partial charge in [0.15, 0.2) is 0 Å². The number of halogens is 2.